The second kappa shape index (κ2) is 6.71. The van der Waals surface area contributed by atoms with Gasteiger partial charge in [0.15, 0.2) is 0 Å². The van der Waals surface area contributed by atoms with E-state index in [1.165, 1.54) is 11.1 Å². The molecule has 2 N–H and O–H groups in total. The van der Waals surface area contributed by atoms with Crippen LogP contribution in [0.2, 0.25) is 0 Å². The summed E-state index contributed by atoms with van der Waals surface area (Å²) in [5.74, 6) is 1.69. The van der Waals surface area contributed by atoms with Crippen LogP contribution in [0.5, 0.6) is 5.75 Å². The second-order valence-electron chi connectivity index (χ2n) is 5.05. The van der Waals surface area contributed by atoms with Gasteiger partial charge in [0.25, 0.3) is 0 Å². The molecular formula is C17H21NOS. The molecule has 0 saturated heterocycles. The van der Waals surface area contributed by atoms with Crippen LogP contribution in [0.3, 0.4) is 0 Å². The third-order valence-corrected chi connectivity index (χ3v) is 4.16. The van der Waals surface area contributed by atoms with Crippen molar-refractivity contribution in [1.29, 1.82) is 0 Å². The zero-order valence-electron chi connectivity index (χ0n) is 12.2. The summed E-state index contributed by atoms with van der Waals surface area (Å²) < 4.78 is 5.72. The predicted octanol–water partition coefficient (Wildman–Crippen LogP) is 4.66. The van der Waals surface area contributed by atoms with E-state index >= 15 is 0 Å². The lowest BCUT2D eigenvalue weighted by atomic mass is 10.1. The van der Waals surface area contributed by atoms with Crippen molar-refractivity contribution in [3.63, 3.8) is 0 Å². The van der Waals surface area contributed by atoms with Gasteiger partial charge in [-0.25, -0.2) is 0 Å². The molecule has 0 fully saturated rings. The highest BCUT2D eigenvalue weighted by Gasteiger charge is 2.08. The van der Waals surface area contributed by atoms with Crippen molar-refractivity contribution in [2.75, 3.05) is 5.73 Å². The summed E-state index contributed by atoms with van der Waals surface area (Å²) in [5.41, 5.74) is 9.58. The van der Waals surface area contributed by atoms with Crippen LogP contribution in [0.1, 0.15) is 25.0 Å². The zero-order chi connectivity index (χ0) is 14.5. The predicted molar refractivity (Wildman–Crippen MR) is 87.4 cm³/mol. The summed E-state index contributed by atoms with van der Waals surface area (Å²) in [6.45, 7) is 6.15. The summed E-state index contributed by atoms with van der Waals surface area (Å²) in [4.78, 5) is 1.08. The number of rotatable bonds is 5. The van der Waals surface area contributed by atoms with E-state index in [0.717, 1.165) is 22.1 Å². The Kier molecular flexibility index (Phi) is 4.96. The molecule has 106 valence electrons. The monoisotopic (exact) mass is 287 g/mol. The molecule has 0 radical (unpaired) electrons. The minimum absolute atomic E-state index is 0.133. The van der Waals surface area contributed by atoms with Crippen molar-refractivity contribution in [1.82, 2.24) is 0 Å². The summed E-state index contributed by atoms with van der Waals surface area (Å²) >= 11 is 1.75. The molecule has 0 aliphatic carbocycles. The molecule has 0 bridgehead atoms. The first-order chi connectivity index (χ1) is 9.58. The van der Waals surface area contributed by atoms with Gasteiger partial charge in [0.1, 0.15) is 5.75 Å². The van der Waals surface area contributed by atoms with E-state index in [1.54, 1.807) is 11.8 Å². The molecule has 3 heteroatoms. The number of nitrogens with two attached hydrogens (primary N) is 1. The second-order valence-corrected chi connectivity index (χ2v) is 6.07. The zero-order valence-corrected chi connectivity index (χ0v) is 13.0. The molecule has 0 aliphatic rings. The van der Waals surface area contributed by atoms with Gasteiger partial charge in [-0.1, -0.05) is 30.3 Å². The number of hydrogen-bond donors (Lipinski definition) is 1. The maximum absolute atomic E-state index is 6.19. The summed E-state index contributed by atoms with van der Waals surface area (Å²) in [7, 11) is 0. The van der Waals surface area contributed by atoms with Crippen molar-refractivity contribution < 1.29 is 4.74 Å². The van der Waals surface area contributed by atoms with Crippen molar-refractivity contribution >= 4 is 17.4 Å². The molecule has 2 rings (SSSR count). The molecule has 0 aromatic heterocycles. The van der Waals surface area contributed by atoms with E-state index in [2.05, 4.69) is 31.2 Å². The Labute approximate surface area is 125 Å². The molecule has 2 aromatic carbocycles. The molecule has 0 spiro atoms. The van der Waals surface area contributed by atoms with E-state index in [4.69, 9.17) is 10.5 Å². The van der Waals surface area contributed by atoms with Crippen LogP contribution in [0.25, 0.3) is 0 Å². The van der Waals surface area contributed by atoms with Crippen LogP contribution >= 0.6 is 11.8 Å². The topological polar surface area (TPSA) is 35.2 Å². The minimum Gasteiger partial charge on any atom is -0.489 e. The van der Waals surface area contributed by atoms with Gasteiger partial charge in [-0.05, 0) is 44.0 Å². The highest BCUT2D eigenvalue weighted by Crippen LogP contribution is 2.35. The Hall–Kier alpha value is -1.61. The summed E-state index contributed by atoms with van der Waals surface area (Å²) in [6, 6.07) is 14.4. The number of nitrogen functional groups attached to an aromatic ring is 1. The lowest BCUT2D eigenvalue weighted by Gasteiger charge is -2.14. The maximum atomic E-state index is 6.19. The Balaban J connectivity index is 2.12. The Bertz CT molecular complexity index is 581. The lowest BCUT2D eigenvalue weighted by Crippen LogP contribution is -2.07. The highest BCUT2D eigenvalue weighted by atomic mass is 32.2. The smallest absolute Gasteiger partial charge is 0.143 e. The fourth-order valence-electron chi connectivity index (χ4n) is 1.93. The van der Waals surface area contributed by atoms with Crippen molar-refractivity contribution in [2.24, 2.45) is 0 Å². The molecule has 0 saturated carbocycles. The van der Waals surface area contributed by atoms with Gasteiger partial charge in [0.2, 0.25) is 0 Å². The van der Waals surface area contributed by atoms with Gasteiger partial charge in [-0.15, -0.1) is 11.8 Å². The normalized spacial score (nSPS) is 10.8. The van der Waals surface area contributed by atoms with Gasteiger partial charge >= 0.3 is 0 Å². The minimum atomic E-state index is 0.133. The van der Waals surface area contributed by atoms with E-state index in [9.17, 15) is 0 Å². The number of hydrogen-bond acceptors (Lipinski definition) is 3. The molecule has 0 atom stereocenters. The maximum Gasteiger partial charge on any atom is 0.143 e. The molecule has 0 amide bonds. The molecule has 20 heavy (non-hydrogen) atoms. The van der Waals surface area contributed by atoms with Gasteiger partial charge in [0, 0.05) is 10.6 Å². The van der Waals surface area contributed by atoms with Crippen molar-refractivity contribution in [2.45, 2.75) is 37.5 Å². The molecule has 0 unspecified atom stereocenters. The van der Waals surface area contributed by atoms with Gasteiger partial charge in [-0.3, -0.25) is 0 Å². The van der Waals surface area contributed by atoms with Crippen molar-refractivity contribution in [3.8, 4) is 5.75 Å². The summed E-state index contributed by atoms with van der Waals surface area (Å²) in [5, 5.41) is 0. The Morgan fingerprint density at radius 1 is 1.10 bits per heavy atom. The SMILES string of the molecule is Cc1ccccc1CSc1cccc(OC(C)C)c1N. The average molecular weight is 287 g/mol. The molecule has 2 nitrogen and oxygen atoms in total. The van der Waals surface area contributed by atoms with Gasteiger partial charge < -0.3 is 10.5 Å². The van der Waals surface area contributed by atoms with Crippen LogP contribution in [-0.4, -0.2) is 6.10 Å². The fraction of sp³-hybridized carbons (Fsp3) is 0.294. The fourth-order valence-corrected chi connectivity index (χ4v) is 3.00. The first kappa shape index (κ1) is 14.8. The summed E-state index contributed by atoms with van der Waals surface area (Å²) in [6.07, 6.45) is 0.133. The molecule has 0 heterocycles. The largest absolute Gasteiger partial charge is 0.489 e. The third-order valence-electron chi connectivity index (χ3n) is 3.03. The number of ether oxygens (including phenoxy) is 1. The number of para-hydroxylation sites is 1. The standard InChI is InChI=1S/C17H21NOS/c1-12(2)19-15-9-6-10-16(17(15)18)20-11-14-8-5-4-7-13(14)3/h4-10,12H,11,18H2,1-3H3. The first-order valence-electron chi connectivity index (χ1n) is 6.80. The number of anilines is 1. The average Bonchev–Trinajstić information content (AvgIpc) is 2.41. The van der Waals surface area contributed by atoms with Crippen molar-refractivity contribution in [3.05, 3.63) is 53.6 Å². The van der Waals surface area contributed by atoms with E-state index in [0.29, 0.717) is 0 Å². The van der Waals surface area contributed by atoms with Crippen LogP contribution < -0.4 is 10.5 Å². The Morgan fingerprint density at radius 3 is 2.55 bits per heavy atom. The van der Waals surface area contributed by atoms with Crippen LogP contribution in [-0.2, 0) is 5.75 Å². The van der Waals surface area contributed by atoms with Crippen LogP contribution in [0.15, 0.2) is 47.4 Å². The van der Waals surface area contributed by atoms with Crippen LogP contribution in [0, 0.1) is 6.92 Å². The van der Waals surface area contributed by atoms with Gasteiger partial charge in [-0.2, -0.15) is 0 Å². The van der Waals surface area contributed by atoms with E-state index in [-0.39, 0.29) is 6.10 Å². The highest BCUT2D eigenvalue weighted by molar-refractivity contribution is 7.98. The van der Waals surface area contributed by atoms with E-state index < -0.39 is 0 Å². The number of aryl methyl sites for hydroxylation is 1. The van der Waals surface area contributed by atoms with Gasteiger partial charge in [0.05, 0.1) is 11.8 Å². The lowest BCUT2D eigenvalue weighted by molar-refractivity contribution is 0.243. The Morgan fingerprint density at radius 2 is 1.85 bits per heavy atom. The molecular weight excluding hydrogens is 266 g/mol. The van der Waals surface area contributed by atoms with Crippen LogP contribution in [0.4, 0.5) is 5.69 Å². The number of thioether (sulfide) groups is 1. The van der Waals surface area contributed by atoms with E-state index in [1.807, 2.05) is 32.0 Å². The molecule has 2 aromatic rings. The molecule has 0 aliphatic heterocycles. The third kappa shape index (κ3) is 3.70. The number of benzene rings is 2. The quantitative estimate of drug-likeness (QED) is 0.642. The first-order valence-corrected chi connectivity index (χ1v) is 7.79.